The van der Waals surface area contributed by atoms with Gasteiger partial charge < -0.3 is 10.5 Å². The van der Waals surface area contributed by atoms with Gasteiger partial charge in [0.2, 0.25) is 0 Å². The van der Waals surface area contributed by atoms with Crippen molar-refractivity contribution in [2.75, 3.05) is 32.0 Å². The third kappa shape index (κ3) is 2.73. The van der Waals surface area contributed by atoms with Crippen LogP contribution in [0.15, 0.2) is 6.20 Å². The van der Waals surface area contributed by atoms with E-state index >= 15 is 0 Å². The Morgan fingerprint density at radius 1 is 1.16 bits per heavy atom. The molecule has 0 aromatic carbocycles. The van der Waals surface area contributed by atoms with Crippen LogP contribution in [0.3, 0.4) is 0 Å². The molecule has 0 amide bonds. The summed E-state index contributed by atoms with van der Waals surface area (Å²) < 4.78 is 7.31. The highest BCUT2D eigenvalue weighted by Crippen LogP contribution is 2.34. The van der Waals surface area contributed by atoms with Crippen molar-refractivity contribution in [1.82, 2.24) is 14.7 Å². The summed E-state index contributed by atoms with van der Waals surface area (Å²) in [5.74, 6) is 0. The minimum Gasteiger partial charge on any atom is -0.395 e. The van der Waals surface area contributed by atoms with Crippen molar-refractivity contribution in [2.45, 2.75) is 37.8 Å². The molecule has 2 N–H and O–H groups in total. The van der Waals surface area contributed by atoms with Crippen LogP contribution in [0.25, 0.3) is 0 Å². The number of nitrogen functional groups attached to an aromatic ring is 1. The number of halogens is 1. The molecule has 0 spiro atoms. The molecule has 1 saturated carbocycles. The molecule has 0 atom stereocenters. The number of morpholine rings is 1. The molecule has 1 saturated heterocycles. The summed E-state index contributed by atoms with van der Waals surface area (Å²) in [6.45, 7) is 3.90. The molecule has 0 bridgehead atoms. The lowest BCUT2D eigenvalue weighted by Crippen LogP contribution is -2.45. The predicted octanol–water partition coefficient (Wildman–Crippen LogP) is 1.93. The standard InChI is InChI=1S/C13H21ClN4O/c14-13-12(15)9-16-18(13)11-3-1-10(2-4-11)17-5-7-19-8-6-17/h9-11H,1-8,15H2. The third-order valence-corrected chi connectivity index (χ3v) is 4.73. The second kappa shape index (κ2) is 5.69. The van der Waals surface area contributed by atoms with E-state index in [9.17, 15) is 0 Å². The number of hydrogen-bond donors (Lipinski definition) is 1. The fourth-order valence-electron chi connectivity index (χ4n) is 3.23. The maximum absolute atomic E-state index is 6.18. The summed E-state index contributed by atoms with van der Waals surface area (Å²) >= 11 is 6.18. The molecule has 1 aromatic rings. The van der Waals surface area contributed by atoms with E-state index in [1.165, 1.54) is 12.8 Å². The van der Waals surface area contributed by atoms with Gasteiger partial charge in [0.1, 0.15) is 5.15 Å². The summed E-state index contributed by atoms with van der Waals surface area (Å²) in [7, 11) is 0. The van der Waals surface area contributed by atoms with E-state index < -0.39 is 0 Å². The number of nitrogens with two attached hydrogens (primary N) is 1. The maximum Gasteiger partial charge on any atom is 0.150 e. The first-order valence-electron chi connectivity index (χ1n) is 7.06. The quantitative estimate of drug-likeness (QED) is 0.902. The number of hydrogen-bond acceptors (Lipinski definition) is 4. The Balaban J connectivity index is 1.58. The first-order chi connectivity index (χ1) is 9.25. The van der Waals surface area contributed by atoms with Crippen molar-refractivity contribution in [3.8, 4) is 0 Å². The van der Waals surface area contributed by atoms with E-state index in [-0.39, 0.29) is 0 Å². The van der Waals surface area contributed by atoms with Crippen molar-refractivity contribution < 1.29 is 4.74 Å². The summed E-state index contributed by atoms with van der Waals surface area (Å²) in [6, 6.07) is 1.11. The Bertz CT molecular complexity index is 422. The van der Waals surface area contributed by atoms with Gasteiger partial charge in [0.25, 0.3) is 0 Å². The second-order valence-electron chi connectivity index (χ2n) is 5.45. The average Bonchev–Trinajstić information content (AvgIpc) is 2.80. The number of anilines is 1. The van der Waals surface area contributed by atoms with Crippen LogP contribution in [0, 0.1) is 0 Å². The van der Waals surface area contributed by atoms with Crippen molar-refractivity contribution >= 4 is 17.3 Å². The largest absolute Gasteiger partial charge is 0.395 e. The minimum atomic E-state index is 0.405. The van der Waals surface area contributed by atoms with Gasteiger partial charge in [0, 0.05) is 19.1 Å². The number of aromatic nitrogens is 2. The molecule has 2 heterocycles. The lowest BCUT2D eigenvalue weighted by Gasteiger charge is -2.38. The van der Waals surface area contributed by atoms with Crippen LogP contribution in [0.1, 0.15) is 31.7 Å². The monoisotopic (exact) mass is 284 g/mol. The average molecular weight is 285 g/mol. The van der Waals surface area contributed by atoms with Crippen molar-refractivity contribution in [3.63, 3.8) is 0 Å². The SMILES string of the molecule is Nc1cnn(C2CCC(N3CCOCC3)CC2)c1Cl. The zero-order valence-corrected chi connectivity index (χ0v) is 11.9. The molecule has 2 aliphatic rings. The van der Waals surface area contributed by atoms with Crippen molar-refractivity contribution in [2.24, 2.45) is 0 Å². The van der Waals surface area contributed by atoms with Crippen molar-refractivity contribution in [1.29, 1.82) is 0 Å². The van der Waals surface area contributed by atoms with Gasteiger partial charge in [-0.2, -0.15) is 5.10 Å². The first-order valence-corrected chi connectivity index (χ1v) is 7.44. The Hall–Kier alpha value is -0.780. The van der Waals surface area contributed by atoms with Crippen LogP contribution in [-0.4, -0.2) is 47.0 Å². The molecule has 6 heteroatoms. The van der Waals surface area contributed by atoms with Crippen LogP contribution in [0.4, 0.5) is 5.69 Å². The minimum absolute atomic E-state index is 0.405. The van der Waals surface area contributed by atoms with Gasteiger partial charge in [-0.25, -0.2) is 4.68 Å². The smallest absolute Gasteiger partial charge is 0.150 e. The topological polar surface area (TPSA) is 56.3 Å². The first kappa shape index (κ1) is 13.2. The highest BCUT2D eigenvalue weighted by Gasteiger charge is 2.28. The van der Waals surface area contributed by atoms with Crippen molar-refractivity contribution in [3.05, 3.63) is 11.3 Å². The van der Waals surface area contributed by atoms with Gasteiger partial charge in [-0.15, -0.1) is 0 Å². The van der Waals surface area contributed by atoms with Crippen LogP contribution < -0.4 is 5.73 Å². The van der Waals surface area contributed by atoms with Crippen LogP contribution in [-0.2, 0) is 4.74 Å². The number of nitrogens with zero attached hydrogens (tertiary/aromatic N) is 3. The lowest BCUT2D eigenvalue weighted by molar-refractivity contribution is 0.00508. The fourth-order valence-corrected chi connectivity index (χ4v) is 3.46. The summed E-state index contributed by atoms with van der Waals surface area (Å²) in [5.41, 5.74) is 6.33. The zero-order valence-electron chi connectivity index (χ0n) is 11.1. The molecule has 2 fully saturated rings. The number of ether oxygens (including phenoxy) is 1. The van der Waals surface area contributed by atoms with E-state index in [1.54, 1.807) is 6.20 Å². The molecule has 19 heavy (non-hydrogen) atoms. The molecule has 3 rings (SSSR count). The lowest BCUT2D eigenvalue weighted by atomic mass is 9.90. The van der Waals surface area contributed by atoms with Gasteiger partial charge in [-0.1, -0.05) is 11.6 Å². The summed E-state index contributed by atoms with van der Waals surface area (Å²) in [5, 5.41) is 4.90. The molecular weight excluding hydrogens is 264 g/mol. The van der Waals surface area contributed by atoms with Gasteiger partial charge in [0.05, 0.1) is 31.1 Å². The Kier molecular flexibility index (Phi) is 3.96. The molecule has 1 aliphatic heterocycles. The van der Waals surface area contributed by atoms with Gasteiger partial charge in [-0.3, -0.25) is 4.90 Å². The molecule has 0 unspecified atom stereocenters. The number of rotatable bonds is 2. The predicted molar refractivity (Wildman–Crippen MR) is 75.3 cm³/mol. The molecule has 1 aliphatic carbocycles. The Morgan fingerprint density at radius 3 is 2.37 bits per heavy atom. The fraction of sp³-hybridized carbons (Fsp3) is 0.769. The normalized spacial score (nSPS) is 29.5. The van der Waals surface area contributed by atoms with Crippen LogP contribution >= 0.6 is 11.6 Å². The summed E-state index contributed by atoms with van der Waals surface area (Å²) in [6.07, 6.45) is 6.32. The maximum atomic E-state index is 6.18. The van der Waals surface area contributed by atoms with Gasteiger partial charge in [0.15, 0.2) is 0 Å². The van der Waals surface area contributed by atoms with Crippen LogP contribution in [0.2, 0.25) is 5.15 Å². The van der Waals surface area contributed by atoms with Gasteiger partial charge in [-0.05, 0) is 25.7 Å². The molecule has 106 valence electrons. The Labute approximate surface area is 118 Å². The molecule has 5 nitrogen and oxygen atoms in total. The van der Waals surface area contributed by atoms with E-state index in [1.807, 2.05) is 4.68 Å². The van der Waals surface area contributed by atoms with E-state index in [2.05, 4.69) is 10.00 Å². The van der Waals surface area contributed by atoms with E-state index in [0.717, 1.165) is 39.1 Å². The highest BCUT2D eigenvalue weighted by atomic mass is 35.5. The third-order valence-electron chi connectivity index (χ3n) is 4.33. The molecular formula is C13H21ClN4O. The second-order valence-corrected chi connectivity index (χ2v) is 5.80. The molecule has 1 aromatic heterocycles. The van der Waals surface area contributed by atoms with E-state index in [0.29, 0.717) is 22.9 Å². The van der Waals surface area contributed by atoms with E-state index in [4.69, 9.17) is 22.1 Å². The summed E-state index contributed by atoms with van der Waals surface area (Å²) in [4.78, 5) is 2.57. The van der Waals surface area contributed by atoms with Crippen LogP contribution in [0.5, 0.6) is 0 Å². The van der Waals surface area contributed by atoms with Gasteiger partial charge >= 0.3 is 0 Å². The Morgan fingerprint density at radius 2 is 1.79 bits per heavy atom. The zero-order chi connectivity index (χ0) is 13.2. The highest BCUT2D eigenvalue weighted by molar-refractivity contribution is 6.32. The molecule has 0 radical (unpaired) electrons.